The van der Waals surface area contributed by atoms with E-state index in [1.54, 1.807) is 12.1 Å². The van der Waals surface area contributed by atoms with Crippen molar-refractivity contribution >= 4 is 41.5 Å². The Kier molecular flexibility index (Phi) is 14.9. The number of halogens is 2. The Bertz CT molecular complexity index is 1510. The summed E-state index contributed by atoms with van der Waals surface area (Å²) < 4.78 is 13.5. The van der Waals surface area contributed by atoms with Crippen molar-refractivity contribution in [3.05, 3.63) is 94.3 Å². The summed E-state index contributed by atoms with van der Waals surface area (Å²) in [5.41, 5.74) is 3.77. The number of carbonyl (C=O) groups excluding carboxylic acids is 1. The molecule has 1 aliphatic carbocycles. The lowest BCUT2D eigenvalue weighted by atomic mass is 9.93. The van der Waals surface area contributed by atoms with Crippen LogP contribution in [-0.4, -0.2) is 128 Å². The molecule has 5 rings (SSSR count). The lowest BCUT2D eigenvalue weighted by Gasteiger charge is -2.39. The largest absolute Gasteiger partial charge is 0.478 e. The Morgan fingerprint density at radius 3 is 1.80 bits per heavy atom. The van der Waals surface area contributed by atoms with Crippen molar-refractivity contribution in [2.75, 3.05) is 52.4 Å². The second kappa shape index (κ2) is 18.8. The minimum Gasteiger partial charge on any atom is -0.478 e. The molecule has 2 aromatic rings. The van der Waals surface area contributed by atoms with E-state index in [0.29, 0.717) is 30.3 Å². The van der Waals surface area contributed by atoms with Gasteiger partial charge in [-0.05, 0) is 61.2 Å². The van der Waals surface area contributed by atoms with E-state index in [2.05, 4.69) is 35.8 Å². The number of benzene rings is 2. The van der Waals surface area contributed by atoms with E-state index in [1.165, 1.54) is 11.1 Å². The highest BCUT2D eigenvalue weighted by Crippen LogP contribution is 2.47. The minimum absolute atomic E-state index is 0.182. The van der Waals surface area contributed by atoms with Gasteiger partial charge in [0.25, 0.3) is 0 Å². The molecule has 0 radical (unpaired) electrons. The molecule has 0 unspecified atom stereocenters. The molecule has 15 heteroatoms. The summed E-state index contributed by atoms with van der Waals surface area (Å²) in [5, 5.41) is 32.0. The maximum absolute atomic E-state index is 13.5. The van der Waals surface area contributed by atoms with E-state index in [4.69, 9.17) is 32.0 Å². The molecule has 0 bridgehead atoms. The molecule has 2 aliphatic heterocycles. The molecule has 50 heavy (non-hydrogen) atoms. The number of urea groups is 1. The Hall–Kier alpha value is -4.79. The highest BCUT2D eigenvalue weighted by Gasteiger charge is 2.37. The van der Waals surface area contributed by atoms with Crippen LogP contribution < -0.4 is 0 Å². The number of carboxylic acid groups (broad SMARTS) is 4. The molecule has 270 valence electrons. The SMILES string of the molecule is CC(C)N1CCN(CCN2CCN([C@H]3C[C@H](c4ccc(F)cc4)c4cc(Cl)ccc43)CC2)C1=O.O=C(O)/C=C\C(=O)O.O=C(O)/C=C\C(=O)O. The third-order valence-electron chi connectivity index (χ3n) is 8.54. The summed E-state index contributed by atoms with van der Waals surface area (Å²) in [6.45, 7) is 11.6. The van der Waals surface area contributed by atoms with Crippen LogP contribution in [0.4, 0.5) is 9.18 Å². The molecule has 13 nitrogen and oxygen atoms in total. The standard InChI is InChI=1S/C27H34ClFN4O.2C4H4O4/c1-19(2)33-16-15-32(27(33)34)14-11-30-9-12-31(13-10-30)26-18-24(20-3-6-22(29)7-4-20)25-17-21(28)5-8-23(25)26;2*5-3(6)1-2-4(7)8/h3-8,17,19,24,26H,9-16,18H2,1-2H3;2*1-2H,(H,5,6)(H,7,8)/b;2*2-1-/t24-,26+;;/m1../s1. The number of hydrogen-bond acceptors (Lipinski definition) is 7. The van der Waals surface area contributed by atoms with Gasteiger partial charge in [-0.25, -0.2) is 28.4 Å². The summed E-state index contributed by atoms with van der Waals surface area (Å²) >= 11 is 6.37. The maximum atomic E-state index is 13.5. The number of amides is 2. The fraction of sp³-hybridized carbons (Fsp3) is 0.400. The van der Waals surface area contributed by atoms with Gasteiger partial charge in [0.2, 0.25) is 0 Å². The summed E-state index contributed by atoms with van der Waals surface area (Å²) in [4.78, 5) is 59.8. The lowest BCUT2D eigenvalue weighted by Crippen LogP contribution is -2.49. The molecule has 2 fully saturated rings. The quantitative estimate of drug-likeness (QED) is 0.259. The number of carbonyl (C=O) groups is 5. The molecule has 2 atom stereocenters. The maximum Gasteiger partial charge on any atom is 0.328 e. The van der Waals surface area contributed by atoms with Crippen LogP contribution in [0.15, 0.2) is 66.8 Å². The normalized spacial score (nSPS) is 19.3. The van der Waals surface area contributed by atoms with Gasteiger partial charge in [-0.2, -0.15) is 0 Å². The number of piperazine rings is 1. The molecular formula is C35H42ClFN4O9. The molecule has 2 aromatic carbocycles. The first kappa shape index (κ1) is 39.6. The van der Waals surface area contributed by atoms with Crippen molar-refractivity contribution in [2.45, 2.75) is 38.3 Å². The first-order chi connectivity index (χ1) is 23.7. The van der Waals surface area contributed by atoms with Crippen molar-refractivity contribution in [3.8, 4) is 0 Å². The van der Waals surface area contributed by atoms with Crippen LogP contribution in [-0.2, 0) is 19.2 Å². The molecular weight excluding hydrogens is 675 g/mol. The summed E-state index contributed by atoms with van der Waals surface area (Å²) in [5.74, 6) is -4.99. The van der Waals surface area contributed by atoms with E-state index < -0.39 is 23.9 Å². The highest BCUT2D eigenvalue weighted by atomic mass is 35.5. The number of hydrogen-bond donors (Lipinski definition) is 4. The number of fused-ring (bicyclic) bond motifs is 1. The smallest absolute Gasteiger partial charge is 0.328 e. The van der Waals surface area contributed by atoms with Crippen LogP contribution in [0.5, 0.6) is 0 Å². The molecule has 0 spiro atoms. The first-order valence-electron chi connectivity index (χ1n) is 16.0. The second-order valence-corrected chi connectivity index (χ2v) is 12.5. The van der Waals surface area contributed by atoms with Crippen molar-refractivity contribution in [3.63, 3.8) is 0 Å². The predicted octanol–water partition coefficient (Wildman–Crippen LogP) is 4.24. The van der Waals surface area contributed by atoms with Crippen molar-refractivity contribution in [1.82, 2.24) is 19.6 Å². The van der Waals surface area contributed by atoms with Gasteiger partial charge in [-0.3, -0.25) is 9.80 Å². The van der Waals surface area contributed by atoms with Crippen molar-refractivity contribution in [2.24, 2.45) is 0 Å². The van der Waals surface area contributed by atoms with Crippen LogP contribution in [0.25, 0.3) is 0 Å². The van der Waals surface area contributed by atoms with Crippen LogP contribution in [0.1, 0.15) is 48.9 Å². The van der Waals surface area contributed by atoms with Gasteiger partial charge >= 0.3 is 29.9 Å². The molecule has 0 saturated carbocycles. The Balaban J connectivity index is 0.000000352. The van der Waals surface area contributed by atoms with Crippen molar-refractivity contribution < 1.29 is 48.8 Å². The fourth-order valence-electron chi connectivity index (χ4n) is 6.12. The van der Waals surface area contributed by atoms with Gasteiger partial charge < -0.3 is 30.2 Å². The second-order valence-electron chi connectivity index (χ2n) is 12.1. The van der Waals surface area contributed by atoms with Gasteiger partial charge in [0.15, 0.2) is 0 Å². The number of carboxylic acids is 4. The fourth-order valence-corrected chi connectivity index (χ4v) is 6.30. The van der Waals surface area contributed by atoms with E-state index in [9.17, 15) is 28.4 Å². The third kappa shape index (κ3) is 12.0. The molecule has 2 amide bonds. The Labute approximate surface area is 294 Å². The molecule has 2 heterocycles. The van der Waals surface area contributed by atoms with Crippen LogP contribution in [0, 0.1) is 5.82 Å². The summed E-state index contributed by atoms with van der Waals surface area (Å²) in [7, 11) is 0. The summed E-state index contributed by atoms with van der Waals surface area (Å²) in [6.07, 6.45) is 3.23. The Morgan fingerprint density at radius 1 is 0.780 bits per heavy atom. The van der Waals surface area contributed by atoms with E-state index in [0.717, 1.165) is 69.4 Å². The van der Waals surface area contributed by atoms with Gasteiger partial charge in [0.1, 0.15) is 5.82 Å². The van der Waals surface area contributed by atoms with Crippen molar-refractivity contribution in [1.29, 1.82) is 0 Å². The van der Waals surface area contributed by atoms with Gasteiger partial charge in [0, 0.05) is 99.7 Å². The number of rotatable bonds is 10. The number of aliphatic carboxylic acids is 4. The average Bonchev–Trinajstić information content (AvgIpc) is 3.63. The molecule has 4 N–H and O–H groups in total. The zero-order valence-corrected chi connectivity index (χ0v) is 28.6. The van der Waals surface area contributed by atoms with Gasteiger partial charge in [-0.15, -0.1) is 0 Å². The topological polar surface area (TPSA) is 179 Å². The predicted molar refractivity (Wildman–Crippen MR) is 183 cm³/mol. The Morgan fingerprint density at radius 2 is 1.32 bits per heavy atom. The number of nitrogens with zero attached hydrogens (tertiary/aromatic N) is 4. The van der Waals surface area contributed by atoms with E-state index in [1.807, 2.05) is 28.0 Å². The van der Waals surface area contributed by atoms with E-state index >= 15 is 0 Å². The molecule has 3 aliphatic rings. The zero-order chi connectivity index (χ0) is 37.0. The molecule has 2 saturated heterocycles. The monoisotopic (exact) mass is 716 g/mol. The third-order valence-corrected chi connectivity index (χ3v) is 8.77. The van der Waals surface area contributed by atoms with Gasteiger partial charge in [0.05, 0.1) is 0 Å². The van der Waals surface area contributed by atoms with E-state index in [-0.39, 0.29) is 23.8 Å². The van der Waals surface area contributed by atoms with Crippen LogP contribution in [0.3, 0.4) is 0 Å². The van der Waals surface area contributed by atoms with Crippen LogP contribution >= 0.6 is 11.6 Å². The summed E-state index contributed by atoms with van der Waals surface area (Å²) in [6, 6.07) is 14.0. The molecule has 0 aromatic heterocycles. The average molecular weight is 717 g/mol. The lowest BCUT2D eigenvalue weighted by molar-refractivity contribution is -0.134. The highest BCUT2D eigenvalue weighted by molar-refractivity contribution is 6.30. The van der Waals surface area contributed by atoms with Crippen LogP contribution in [0.2, 0.25) is 5.02 Å². The first-order valence-corrected chi connectivity index (χ1v) is 16.4. The zero-order valence-electron chi connectivity index (χ0n) is 27.8. The minimum atomic E-state index is -1.26. The van der Waals surface area contributed by atoms with Gasteiger partial charge in [-0.1, -0.05) is 29.8 Å².